The van der Waals surface area contributed by atoms with Crippen LogP contribution in [0.5, 0.6) is 0 Å². The molecule has 2 aromatic rings. The van der Waals surface area contributed by atoms with E-state index in [9.17, 15) is 22.7 Å². The molecule has 1 N–H and O–H groups in total. The van der Waals surface area contributed by atoms with E-state index in [0.29, 0.717) is 17.7 Å². The first kappa shape index (κ1) is 13.5. The van der Waals surface area contributed by atoms with E-state index in [4.69, 9.17) is 0 Å². The SMILES string of the molecule is Cc1ccc(C(O)c2c(F)cc(F)cc2F)cc1F. The van der Waals surface area contributed by atoms with E-state index in [2.05, 4.69) is 0 Å². The molecule has 100 valence electrons. The van der Waals surface area contributed by atoms with Crippen LogP contribution in [0.15, 0.2) is 30.3 Å². The maximum atomic E-state index is 13.5. The lowest BCUT2D eigenvalue weighted by Crippen LogP contribution is -2.07. The van der Waals surface area contributed by atoms with Crippen LogP contribution in [0, 0.1) is 30.2 Å². The maximum absolute atomic E-state index is 13.5. The molecular formula is C14H10F4O. The van der Waals surface area contributed by atoms with Gasteiger partial charge < -0.3 is 5.11 Å². The predicted molar refractivity (Wildman–Crippen MR) is 61.5 cm³/mol. The third-order valence-electron chi connectivity index (χ3n) is 2.83. The first-order valence-corrected chi connectivity index (χ1v) is 5.48. The monoisotopic (exact) mass is 270 g/mol. The molecule has 0 radical (unpaired) electrons. The highest BCUT2D eigenvalue weighted by molar-refractivity contribution is 5.34. The Bertz CT molecular complexity index is 602. The molecule has 0 bridgehead atoms. The van der Waals surface area contributed by atoms with E-state index in [1.807, 2.05) is 0 Å². The predicted octanol–water partition coefficient (Wildman–Crippen LogP) is 3.63. The smallest absolute Gasteiger partial charge is 0.135 e. The lowest BCUT2D eigenvalue weighted by molar-refractivity contribution is 0.208. The number of rotatable bonds is 2. The zero-order valence-corrected chi connectivity index (χ0v) is 9.92. The number of benzene rings is 2. The minimum Gasteiger partial charge on any atom is -0.383 e. The minimum absolute atomic E-state index is 0.00694. The summed E-state index contributed by atoms with van der Waals surface area (Å²) in [6, 6.07) is 4.65. The summed E-state index contributed by atoms with van der Waals surface area (Å²) in [5.74, 6) is -4.11. The van der Waals surface area contributed by atoms with Crippen molar-refractivity contribution < 1.29 is 22.7 Å². The third kappa shape index (κ3) is 2.61. The zero-order valence-electron chi connectivity index (χ0n) is 9.92. The number of aliphatic hydroxyl groups is 1. The number of aryl methyl sites for hydroxylation is 1. The van der Waals surface area contributed by atoms with Crippen LogP contribution >= 0.6 is 0 Å². The van der Waals surface area contributed by atoms with Crippen LogP contribution in [0.2, 0.25) is 0 Å². The van der Waals surface area contributed by atoms with Gasteiger partial charge in [0.05, 0.1) is 5.56 Å². The Hall–Kier alpha value is -1.88. The van der Waals surface area contributed by atoms with Gasteiger partial charge in [-0.15, -0.1) is 0 Å². The Kier molecular flexibility index (Phi) is 3.57. The minimum atomic E-state index is -1.70. The van der Waals surface area contributed by atoms with Gasteiger partial charge >= 0.3 is 0 Å². The van der Waals surface area contributed by atoms with Crippen LogP contribution in [-0.4, -0.2) is 5.11 Å². The van der Waals surface area contributed by atoms with Gasteiger partial charge in [-0.1, -0.05) is 12.1 Å². The lowest BCUT2D eigenvalue weighted by Gasteiger charge is -2.14. The van der Waals surface area contributed by atoms with Crippen LogP contribution in [0.1, 0.15) is 22.8 Å². The highest BCUT2D eigenvalue weighted by Crippen LogP contribution is 2.28. The van der Waals surface area contributed by atoms with Crippen molar-refractivity contribution in [3.05, 3.63) is 70.3 Å². The summed E-state index contributed by atoms with van der Waals surface area (Å²) in [5, 5.41) is 9.89. The third-order valence-corrected chi connectivity index (χ3v) is 2.83. The van der Waals surface area contributed by atoms with Gasteiger partial charge in [0.25, 0.3) is 0 Å². The van der Waals surface area contributed by atoms with Gasteiger partial charge in [0.2, 0.25) is 0 Å². The van der Waals surface area contributed by atoms with Crippen molar-refractivity contribution >= 4 is 0 Å². The Labute approximate surface area is 107 Å². The van der Waals surface area contributed by atoms with Crippen LogP contribution in [0.3, 0.4) is 0 Å². The molecule has 0 aliphatic carbocycles. The van der Waals surface area contributed by atoms with Crippen molar-refractivity contribution in [1.29, 1.82) is 0 Å². The molecule has 0 saturated heterocycles. The number of hydrogen-bond acceptors (Lipinski definition) is 1. The van der Waals surface area contributed by atoms with E-state index in [-0.39, 0.29) is 5.56 Å². The molecular weight excluding hydrogens is 260 g/mol. The van der Waals surface area contributed by atoms with Crippen molar-refractivity contribution in [1.82, 2.24) is 0 Å². The molecule has 0 fully saturated rings. The molecule has 1 nitrogen and oxygen atoms in total. The van der Waals surface area contributed by atoms with Crippen molar-refractivity contribution in [2.75, 3.05) is 0 Å². The zero-order chi connectivity index (χ0) is 14.2. The molecule has 5 heteroatoms. The molecule has 0 aliphatic rings. The van der Waals surface area contributed by atoms with Gasteiger partial charge in [-0.05, 0) is 24.1 Å². The quantitative estimate of drug-likeness (QED) is 0.826. The second kappa shape index (κ2) is 5.01. The van der Waals surface area contributed by atoms with Crippen LogP contribution in [0.4, 0.5) is 17.6 Å². The fraction of sp³-hybridized carbons (Fsp3) is 0.143. The first-order chi connectivity index (χ1) is 8.90. The van der Waals surface area contributed by atoms with Crippen molar-refractivity contribution in [2.45, 2.75) is 13.0 Å². The molecule has 0 spiro atoms. The van der Waals surface area contributed by atoms with Gasteiger partial charge in [0.15, 0.2) is 0 Å². The molecule has 1 atom stereocenters. The lowest BCUT2D eigenvalue weighted by atomic mass is 9.99. The van der Waals surface area contributed by atoms with Crippen molar-refractivity contribution in [3.8, 4) is 0 Å². The average molecular weight is 270 g/mol. The van der Waals surface area contributed by atoms with Crippen LogP contribution in [0.25, 0.3) is 0 Å². The summed E-state index contributed by atoms with van der Waals surface area (Å²) < 4.78 is 53.1. The van der Waals surface area contributed by atoms with Crippen molar-refractivity contribution in [2.24, 2.45) is 0 Å². The van der Waals surface area contributed by atoms with E-state index in [1.165, 1.54) is 19.1 Å². The van der Waals surface area contributed by atoms with Gasteiger partial charge in [0.1, 0.15) is 29.4 Å². The molecule has 0 aliphatic heterocycles. The van der Waals surface area contributed by atoms with Gasteiger partial charge in [-0.2, -0.15) is 0 Å². The number of aliphatic hydroxyl groups excluding tert-OH is 1. The average Bonchev–Trinajstić information content (AvgIpc) is 2.31. The fourth-order valence-electron chi connectivity index (χ4n) is 1.76. The highest BCUT2D eigenvalue weighted by atomic mass is 19.1. The number of halogens is 4. The summed E-state index contributed by atoms with van der Waals surface area (Å²) in [6.45, 7) is 1.52. The summed E-state index contributed by atoms with van der Waals surface area (Å²) in [6.07, 6.45) is -1.70. The van der Waals surface area contributed by atoms with Crippen molar-refractivity contribution in [3.63, 3.8) is 0 Å². The normalized spacial score (nSPS) is 12.5. The van der Waals surface area contributed by atoms with Crippen LogP contribution < -0.4 is 0 Å². The molecule has 2 aromatic carbocycles. The Morgan fingerprint density at radius 1 is 0.895 bits per heavy atom. The molecule has 0 amide bonds. The largest absolute Gasteiger partial charge is 0.383 e. The summed E-state index contributed by atoms with van der Waals surface area (Å²) in [7, 11) is 0. The van der Waals surface area contributed by atoms with E-state index < -0.39 is 34.9 Å². The summed E-state index contributed by atoms with van der Waals surface area (Å²) in [4.78, 5) is 0. The van der Waals surface area contributed by atoms with Crippen LogP contribution in [-0.2, 0) is 0 Å². The van der Waals surface area contributed by atoms with E-state index >= 15 is 0 Å². The molecule has 1 unspecified atom stereocenters. The Morgan fingerprint density at radius 3 is 2.00 bits per heavy atom. The molecule has 0 heterocycles. The number of hydrogen-bond donors (Lipinski definition) is 1. The van der Waals surface area contributed by atoms with E-state index in [0.717, 1.165) is 6.07 Å². The molecule has 0 saturated carbocycles. The Balaban J connectivity index is 2.49. The topological polar surface area (TPSA) is 20.2 Å². The van der Waals surface area contributed by atoms with Gasteiger partial charge in [-0.3, -0.25) is 0 Å². The standard InChI is InChI=1S/C14H10F4O/c1-7-2-3-8(4-10(7)16)14(19)13-11(17)5-9(15)6-12(13)18/h2-6,14,19H,1H3. The molecule has 19 heavy (non-hydrogen) atoms. The van der Waals surface area contributed by atoms with Gasteiger partial charge in [-0.25, -0.2) is 17.6 Å². The molecule has 0 aromatic heterocycles. The van der Waals surface area contributed by atoms with E-state index in [1.54, 1.807) is 0 Å². The highest BCUT2D eigenvalue weighted by Gasteiger charge is 2.21. The Morgan fingerprint density at radius 2 is 1.47 bits per heavy atom. The molecule has 2 rings (SSSR count). The summed E-state index contributed by atoms with van der Waals surface area (Å²) in [5.41, 5.74) is -0.367. The summed E-state index contributed by atoms with van der Waals surface area (Å²) >= 11 is 0. The fourth-order valence-corrected chi connectivity index (χ4v) is 1.76. The van der Waals surface area contributed by atoms with Gasteiger partial charge in [0, 0.05) is 12.1 Å². The first-order valence-electron chi connectivity index (χ1n) is 5.48. The second-order valence-corrected chi connectivity index (χ2v) is 4.19. The maximum Gasteiger partial charge on any atom is 0.135 e. The second-order valence-electron chi connectivity index (χ2n) is 4.19.